The van der Waals surface area contributed by atoms with E-state index < -0.39 is 23.5 Å². The third-order valence-electron chi connectivity index (χ3n) is 6.26. The molecule has 3 aromatic carbocycles. The molecule has 3 aromatic rings. The molecule has 0 aromatic heterocycles. The predicted molar refractivity (Wildman–Crippen MR) is 144 cm³/mol. The molecule has 0 aliphatic carbocycles. The standard InChI is InChI=1S/C30H30FNO7/c1-17(2)16-39-22-12-6-18(7-13-22)27(33)25-26(19-14-23(36-3)29(38-5)24(15-19)37-4)32(30(35)28(25)34)21-10-8-20(31)9-11-21/h6-15,17,26,33H,16H2,1-5H3/b27-25+. The number of Topliss-reactive ketones (excluding diaryl/α,β-unsaturated/α-hetero) is 1. The number of benzene rings is 3. The lowest BCUT2D eigenvalue weighted by Gasteiger charge is -2.26. The lowest BCUT2D eigenvalue weighted by atomic mass is 9.94. The molecule has 1 N–H and O–H groups in total. The molecule has 0 radical (unpaired) electrons. The molecule has 1 saturated heterocycles. The number of halogens is 1. The van der Waals surface area contributed by atoms with Gasteiger partial charge in [-0.05, 0) is 72.1 Å². The number of carbonyl (C=O) groups is 2. The number of hydrogen-bond acceptors (Lipinski definition) is 7. The van der Waals surface area contributed by atoms with Gasteiger partial charge in [-0.2, -0.15) is 0 Å². The molecule has 1 atom stereocenters. The summed E-state index contributed by atoms with van der Waals surface area (Å²) in [5.41, 5.74) is 0.857. The number of rotatable bonds is 9. The zero-order valence-electron chi connectivity index (χ0n) is 22.4. The smallest absolute Gasteiger partial charge is 0.300 e. The summed E-state index contributed by atoms with van der Waals surface area (Å²) in [6.45, 7) is 4.59. The van der Waals surface area contributed by atoms with Crippen molar-refractivity contribution in [3.63, 3.8) is 0 Å². The van der Waals surface area contributed by atoms with Crippen molar-refractivity contribution in [1.29, 1.82) is 0 Å². The van der Waals surface area contributed by atoms with Crippen molar-refractivity contribution in [2.45, 2.75) is 19.9 Å². The van der Waals surface area contributed by atoms with Crippen molar-refractivity contribution >= 4 is 23.1 Å². The molecule has 4 rings (SSSR count). The van der Waals surface area contributed by atoms with Gasteiger partial charge in [0.25, 0.3) is 11.7 Å². The lowest BCUT2D eigenvalue weighted by molar-refractivity contribution is -0.132. The fourth-order valence-corrected chi connectivity index (χ4v) is 4.40. The number of ketones is 1. The van der Waals surface area contributed by atoms with Gasteiger partial charge in [-0.1, -0.05) is 13.8 Å². The number of aliphatic hydroxyl groups excluding tert-OH is 1. The molecular formula is C30H30FNO7. The van der Waals surface area contributed by atoms with Crippen molar-refractivity contribution in [3.05, 3.63) is 83.2 Å². The number of ether oxygens (including phenoxy) is 4. The van der Waals surface area contributed by atoms with E-state index in [1.54, 1.807) is 36.4 Å². The van der Waals surface area contributed by atoms with Gasteiger partial charge in [0.2, 0.25) is 5.75 Å². The Bertz CT molecular complexity index is 1370. The number of carbonyl (C=O) groups excluding carboxylic acids is 2. The topological polar surface area (TPSA) is 94.5 Å². The molecule has 1 aliphatic rings. The highest BCUT2D eigenvalue weighted by Crippen LogP contribution is 2.47. The third-order valence-corrected chi connectivity index (χ3v) is 6.26. The molecule has 0 saturated carbocycles. The van der Waals surface area contributed by atoms with Crippen LogP contribution in [-0.4, -0.2) is 44.7 Å². The van der Waals surface area contributed by atoms with E-state index in [4.69, 9.17) is 18.9 Å². The minimum atomic E-state index is -1.08. The molecule has 39 heavy (non-hydrogen) atoms. The first kappa shape index (κ1) is 27.5. The Morgan fingerprint density at radius 3 is 2.03 bits per heavy atom. The Labute approximate surface area is 226 Å². The van der Waals surface area contributed by atoms with Crippen LogP contribution in [0.15, 0.2) is 66.2 Å². The molecule has 0 bridgehead atoms. The highest BCUT2D eigenvalue weighted by atomic mass is 19.1. The largest absolute Gasteiger partial charge is 0.507 e. The van der Waals surface area contributed by atoms with Crippen LogP contribution in [0.2, 0.25) is 0 Å². The molecular weight excluding hydrogens is 505 g/mol. The van der Waals surface area contributed by atoms with E-state index in [0.717, 1.165) is 0 Å². The van der Waals surface area contributed by atoms with E-state index in [-0.39, 0.29) is 17.0 Å². The van der Waals surface area contributed by atoms with Crippen LogP contribution >= 0.6 is 0 Å². The van der Waals surface area contributed by atoms with Crippen molar-refractivity contribution in [3.8, 4) is 23.0 Å². The van der Waals surface area contributed by atoms with Gasteiger partial charge in [-0.25, -0.2) is 4.39 Å². The zero-order chi connectivity index (χ0) is 28.3. The van der Waals surface area contributed by atoms with Crippen LogP contribution in [0.3, 0.4) is 0 Å². The Morgan fingerprint density at radius 2 is 1.51 bits per heavy atom. The van der Waals surface area contributed by atoms with Crippen molar-refractivity contribution in [2.75, 3.05) is 32.8 Å². The van der Waals surface area contributed by atoms with Gasteiger partial charge in [0.1, 0.15) is 17.3 Å². The summed E-state index contributed by atoms with van der Waals surface area (Å²) in [4.78, 5) is 28.0. The Morgan fingerprint density at radius 1 is 0.923 bits per heavy atom. The van der Waals surface area contributed by atoms with Gasteiger partial charge in [-0.3, -0.25) is 14.5 Å². The summed E-state index contributed by atoms with van der Waals surface area (Å²) in [5, 5.41) is 11.4. The van der Waals surface area contributed by atoms with Gasteiger partial charge in [-0.15, -0.1) is 0 Å². The van der Waals surface area contributed by atoms with E-state index in [0.29, 0.717) is 46.6 Å². The number of aliphatic hydroxyl groups is 1. The lowest BCUT2D eigenvalue weighted by Crippen LogP contribution is -2.29. The second kappa shape index (κ2) is 11.5. The second-order valence-electron chi connectivity index (χ2n) is 9.33. The third kappa shape index (κ3) is 5.38. The minimum Gasteiger partial charge on any atom is -0.507 e. The summed E-state index contributed by atoms with van der Waals surface area (Å²) in [5.74, 6) is -0.792. The first-order valence-electron chi connectivity index (χ1n) is 12.3. The van der Waals surface area contributed by atoms with E-state index >= 15 is 0 Å². The monoisotopic (exact) mass is 535 g/mol. The van der Waals surface area contributed by atoms with Crippen LogP contribution in [0.1, 0.15) is 31.0 Å². The van der Waals surface area contributed by atoms with Crippen LogP contribution in [-0.2, 0) is 9.59 Å². The van der Waals surface area contributed by atoms with E-state index in [9.17, 15) is 19.1 Å². The highest BCUT2D eigenvalue weighted by Gasteiger charge is 2.47. The van der Waals surface area contributed by atoms with Crippen molar-refractivity contribution in [1.82, 2.24) is 0 Å². The molecule has 1 unspecified atom stereocenters. The number of anilines is 1. The van der Waals surface area contributed by atoms with Gasteiger partial charge in [0.15, 0.2) is 11.5 Å². The number of nitrogens with zero attached hydrogens (tertiary/aromatic N) is 1. The molecule has 1 aliphatic heterocycles. The predicted octanol–water partition coefficient (Wildman–Crippen LogP) is 5.51. The Balaban J connectivity index is 1.91. The molecule has 204 valence electrons. The molecule has 0 spiro atoms. The molecule has 1 fully saturated rings. The Hall–Kier alpha value is -4.53. The van der Waals surface area contributed by atoms with E-state index in [1.165, 1.54) is 50.5 Å². The van der Waals surface area contributed by atoms with Gasteiger partial charge in [0, 0.05) is 11.3 Å². The first-order chi connectivity index (χ1) is 18.7. The average molecular weight is 536 g/mol. The summed E-state index contributed by atoms with van der Waals surface area (Å²) in [7, 11) is 4.35. The van der Waals surface area contributed by atoms with Crippen LogP contribution in [0.25, 0.3) is 5.76 Å². The zero-order valence-corrected chi connectivity index (χ0v) is 22.4. The molecule has 9 heteroatoms. The second-order valence-corrected chi connectivity index (χ2v) is 9.33. The number of methoxy groups -OCH3 is 3. The van der Waals surface area contributed by atoms with Crippen LogP contribution in [0, 0.1) is 11.7 Å². The number of amides is 1. The SMILES string of the molecule is COc1cc(C2/C(=C(\O)c3ccc(OCC(C)C)cc3)C(=O)C(=O)N2c2ccc(F)cc2)cc(OC)c1OC. The van der Waals surface area contributed by atoms with Crippen LogP contribution in [0.4, 0.5) is 10.1 Å². The molecule has 8 nitrogen and oxygen atoms in total. The Kier molecular flexibility index (Phi) is 8.09. The minimum absolute atomic E-state index is 0.144. The molecule has 1 amide bonds. The van der Waals surface area contributed by atoms with Crippen molar-refractivity contribution < 1.29 is 38.0 Å². The maximum Gasteiger partial charge on any atom is 0.300 e. The summed E-state index contributed by atoms with van der Waals surface area (Å²) >= 11 is 0. The quantitative estimate of drug-likeness (QED) is 0.219. The summed E-state index contributed by atoms with van der Waals surface area (Å²) in [6.07, 6.45) is 0. The summed E-state index contributed by atoms with van der Waals surface area (Å²) in [6, 6.07) is 13.9. The molecule has 1 heterocycles. The normalized spacial score (nSPS) is 16.5. The number of hydrogen-bond donors (Lipinski definition) is 1. The van der Waals surface area contributed by atoms with Gasteiger partial charge in [0.05, 0.1) is 39.6 Å². The first-order valence-corrected chi connectivity index (χ1v) is 12.3. The van der Waals surface area contributed by atoms with E-state index in [1.807, 2.05) is 13.8 Å². The maximum atomic E-state index is 13.7. The maximum absolute atomic E-state index is 13.7. The van der Waals surface area contributed by atoms with Crippen molar-refractivity contribution in [2.24, 2.45) is 5.92 Å². The van der Waals surface area contributed by atoms with Gasteiger partial charge >= 0.3 is 0 Å². The summed E-state index contributed by atoms with van der Waals surface area (Å²) < 4.78 is 35.8. The highest BCUT2D eigenvalue weighted by molar-refractivity contribution is 6.51. The van der Waals surface area contributed by atoms with Gasteiger partial charge < -0.3 is 24.1 Å². The fraction of sp³-hybridized carbons (Fsp3) is 0.267. The fourth-order valence-electron chi connectivity index (χ4n) is 4.40. The van der Waals surface area contributed by atoms with E-state index in [2.05, 4.69) is 0 Å². The average Bonchev–Trinajstić information content (AvgIpc) is 3.21. The van der Waals surface area contributed by atoms with Crippen LogP contribution < -0.4 is 23.8 Å². The van der Waals surface area contributed by atoms with Crippen LogP contribution in [0.5, 0.6) is 23.0 Å².